The Hall–Kier alpha value is 0.140. The van der Waals surface area contributed by atoms with Crippen molar-refractivity contribution in [3.05, 3.63) is 0 Å². The molecule has 0 radical (unpaired) electrons. The number of hydrogen-bond donors (Lipinski definition) is 2. The maximum atomic E-state index is 12.3. The highest BCUT2D eigenvalue weighted by atomic mass is 31.2. The summed E-state index contributed by atoms with van der Waals surface area (Å²) in [7, 11) is -5.95. The van der Waals surface area contributed by atoms with Crippen LogP contribution in [0.2, 0.25) is 0 Å². The Kier molecular flexibility index (Phi) is 19.9. The Morgan fingerprint density at radius 1 is 0.533 bits per heavy atom. The molecule has 0 saturated heterocycles. The fourth-order valence-corrected chi connectivity index (χ4v) is 5.52. The van der Waals surface area contributed by atoms with E-state index in [9.17, 15) is 9.13 Å². The zero-order valence-corrected chi connectivity index (χ0v) is 20.8. The molecule has 0 aromatic carbocycles. The summed E-state index contributed by atoms with van der Waals surface area (Å²) in [6, 6.07) is 0. The Morgan fingerprint density at radius 3 is 1.17 bits per heavy atom. The van der Waals surface area contributed by atoms with Crippen LogP contribution >= 0.6 is 15.2 Å². The van der Waals surface area contributed by atoms with Crippen molar-refractivity contribution >= 4 is 15.2 Å². The van der Waals surface area contributed by atoms with Crippen molar-refractivity contribution in [1.29, 1.82) is 0 Å². The molecule has 0 aromatic heterocycles. The first kappa shape index (κ1) is 30.1. The van der Waals surface area contributed by atoms with Gasteiger partial charge in [-0.25, -0.2) is 0 Å². The molecule has 0 bridgehead atoms. The summed E-state index contributed by atoms with van der Waals surface area (Å²) in [6.45, 7) is 13.2. The van der Waals surface area contributed by atoms with E-state index in [2.05, 4.69) is 10.6 Å². The molecule has 0 atom stereocenters. The highest BCUT2D eigenvalue weighted by Crippen LogP contribution is 2.47. The molecular weight excluding hydrogens is 434 g/mol. The third-order valence-corrected chi connectivity index (χ3v) is 7.80. The summed E-state index contributed by atoms with van der Waals surface area (Å²) >= 11 is 0. The van der Waals surface area contributed by atoms with Crippen molar-refractivity contribution in [2.45, 2.75) is 27.7 Å². The summed E-state index contributed by atoms with van der Waals surface area (Å²) in [6.07, 6.45) is 0.685. The molecular formula is C18H42N2O8P2. The second-order valence-corrected chi connectivity index (χ2v) is 10.4. The van der Waals surface area contributed by atoms with Crippen LogP contribution in [0.5, 0.6) is 0 Å². The molecule has 0 aromatic rings. The molecule has 30 heavy (non-hydrogen) atoms. The topological polar surface area (TPSA) is 114 Å². The lowest BCUT2D eigenvalue weighted by atomic mass is 10.6. The molecule has 0 amide bonds. The number of nitrogens with one attached hydrogen (secondary N) is 2. The molecule has 0 spiro atoms. The molecule has 0 aliphatic carbocycles. The summed E-state index contributed by atoms with van der Waals surface area (Å²) in [4.78, 5) is 0. The van der Waals surface area contributed by atoms with Gasteiger partial charge in [-0.1, -0.05) is 0 Å². The van der Waals surface area contributed by atoms with Gasteiger partial charge in [-0.05, 0) is 27.7 Å². The monoisotopic (exact) mass is 476 g/mol. The van der Waals surface area contributed by atoms with E-state index in [1.807, 2.05) is 0 Å². The van der Waals surface area contributed by atoms with Crippen molar-refractivity contribution in [2.24, 2.45) is 0 Å². The van der Waals surface area contributed by atoms with Crippen LogP contribution in [0.4, 0.5) is 0 Å². The van der Waals surface area contributed by atoms with Crippen LogP contribution in [0, 0.1) is 0 Å². The average molecular weight is 476 g/mol. The van der Waals surface area contributed by atoms with Crippen LogP contribution in [-0.2, 0) is 36.7 Å². The van der Waals surface area contributed by atoms with E-state index in [0.717, 1.165) is 0 Å². The van der Waals surface area contributed by atoms with E-state index in [4.69, 9.17) is 27.6 Å². The normalized spacial score (nSPS) is 12.5. The van der Waals surface area contributed by atoms with Crippen molar-refractivity contribution in [1.82, 2.24) is 10.6 Å². The van der Waals surface area contributed by atoms with E-state index in [1.54, 1.807) is 27.7 Å². The SMILES string of the molecule is CCOP(=O)(CCNCCOCCOCCNCCP(=O)(OCC)OCC)OCC. The molecule has 0 aliphatic rings. The van der Waals surface area contributed by atoms with Gasteiger partial charge >= 0.3 is 15.2 Å². The van der Waals surface area contributed by atoms with Crippen molar-refractivity contribution in [2.75, 3.05) is 91.4 Å². The van der Waals surface area contributed by atoms with Gasteiger partial charge in [-0.3, -0.25) is 9.13 Å². The summed E-state index contributed by atoms with van der Waals surface area (Å²) in [5.74, 6) is 0. The van der Waals surface area contributed by atoms with Crippen LogP contribution in [0.1, 0.15) is 27.7 Å². The van der Waals surface area contributed by atoms with Crippen LogP contribution in [0.3, 0.4) is 0 Å². The van der Waals surface area contributed by atoms with Gasteiger partial charge in [-0.2, -0.15) is 0 Å². The molecule has 10 nitrogen and oxygen atoms in total. The number of hydrogen-bond acceptors (Lipinski definition) is 10. The highest BCUT2D eigenvalue weighted by molar-refractivity contribution is 7.54. The van der Waals surface area contributed by atoms with Crippen LogP contribution in [0.25, 0.3) is 0 Å². The summed E-state index contributed by atoms with van der Waals surface area (Å²) in [5, 5.41) is 6.32. The molecule has 0 unspecified atom stereocenters. The molecule has 182 valence electrons. The Balaban J connectivity index is 3.50. The van der Waals surface area contributed by atoms with Crippen LogP contribution in [-0.4, -0.2) is 91.4 Å². The van der Waals surface area contributed by atoms with Crippen molar-refractivity contribution in [3.8, 4) is 0 Å². The second-order valence-electron chi connectivity index (χ2n) is 6.06. The van der Waals surface area contributed by atoms with E-state index < -0.39 is 15.2 Å². The Bertz CT molecular complexity index is 423. The third-order valence-electron chi connectivity index (χ3n) is 3.65. The standard InChI is InChI=1S/C18H42N2O8P2/c1-5-25-29(21,26-6-2)17-11-19-9-13-23-15-16-24-14-10-20-12-18-30(22,27-7-3)28-8-4/h19-20H,5-18H2,1-4H3. The lowest BCUT2D eigenvalue weighted by Crippen LogP contribution is -2.25. The molecule has 0 fully saturated rings. The molecule has 12 heteroatoms. The number of rotatable bonds is 23. The minimum Gasteiger partial charge on any atom is -0.378 e. The van der Waals surface area contributed by atoms with Gasteiger partial charge < -0.3 is 38.2 Å². The van der Waals surface area contributed by atoms with Gasteiger partial charge in [-0.15, -0.1) is 0 Å². The van der Waals surface area contributed by atoms with E-state index in [-0.39, 0.29) is 0 Å². The predicted octanol–water partition coefficient (Wildman–Crippen LogP) is 2.73. The molecule has 0 aliphatic heterocycles. The zero-order chi connectivity index (χ0) is 22.6. The Labute approximate surface area is 182 Å². The molecule has 0 rings (SSSR count). The first-order valence-corrected chi connectivity index (χ1v) is 14.2. The maximum Gasteiger partial charge on any atom is 0.331 e. The first-order chi connectivity index (χ1) is 14.4. The van der Waals surface area contributed by atoms with E-state index in [1.165, 1.54) is 0 Å². The molecule has 0 saturated carbocycles. The minimum atomic E-state index is -2.98. The van der Waals surface area contributed by atoms with Gasteiger partial charge in [0.2, 0.25) is 0 Å². The zero-order valence-electron chi connectivity index (χ0n) is 19.1. The number of ether oxygens (including phenoxy) is 2. The van der Waals surface area contributed by atoms with Gasteiger partial charge in [0.05, 0.1) is 65.2 Å². The molecule has 2 N–H and O–H groups in total. The summed E-state index contributed by atoms with van der Waals surface area (Å²) < 4.78 is 56.4. The lowest BCUT2D eigenvalue weighted by molar-refractivity contribution is 0.0501. The van der Waals surface area contributed by atoms with Gasteiger partial charge in [0.25, 0.3) is 0 Å². The quantitative estimate of drug-likeness (QED) is 0.169. The van der Waals surface area contributed by atoms with Crippen LogP contribution < -0.4 is 10.6 Å². The van der Waals surface area contributed by atoms with E-state index in [0.29, 0.717) is 91.4 Å². The predicted molar refractivity (Wildman–Crippen MR) is 119 cm³/mol. The highest BCUT2D eigenvalue weighted by Gasteiger charge is 2.23. The maximum absolute atomic E-state index is 12.3. The van der Waals surface area contributed by atoms with Gasteiger partial charge in [0, 0.05) is 26.2 Å². The lowest BCUT2D eigenvalue weighted by Gasteiger charge is -2.17. The van der Waals surface area contributed by atoms with Gasteiger partial charge in [0.1, 0.15) is 0 Å². The van der Waals surface area contributed by atoms with Crippen LogP contribution in [0.15, 0.2) is 0 Å². The largest absolute Gasteiger partial charge is 0.378 e. The van der Waals surface area contributed by atoms with Crippen molar-refractivity contribution < 1.29 is 36.7 Å². The Morgan fingerprint density at radius 2 is 0.867 bits per heavy atom. The second kappa shape index (κ2) is 19.8. The minimum absolute atomic E-state index is 0.343. The average Bonchev–Trinajstić information content (AvgIpc) is 2.69. The van der Waals surface area contributed by atoms with Crippen molar-refractivity contribution in [3.63, 3.8) is 0 Å². The molecule has 0 heterocycles. The smallest absolute Gasteiger partial charge is 0.331 e. The summed E-state index contributed by atoms with van der Waals surface area (Å²) in [5.41, 5.74) is 0. The fraction of sp³-hybridized carbons (Fsp3) is 1.00. The first-order valence-electron chi connectivity index (χ1n) is 10.8. The van der Waals surface area contributed by atoms with E-state index >= 15 is 0 Å². The van der Waals surface area contributed by atoms with Gasteiger partial charge in [0.15, 0.2) is 0 Å². The third kappa shape index (κ3) is 16.8. The fourth-order valence-electron chi connectivity index (χ4n) is 2.41.